The van der Waals surface area contributed by atoms with Crippen LogP contribution in [0.25, 0.3) is 0 Å². The second-order valence-electron chi connectivity index (χ2n) is 3.69. The van der Waals surface area contributed by atoms with Crippen LogP contribution in [0.3, 0.4) is 0 Å². The Morgan fingerprint density at radius 1 is 1.44 bits per heavy atom. The average Bonchev–Trinajstić information content (AvgIpc) is 2.75. The summed E-state index contributed by atoms with van der Waals surface area (Å²) in [5.41, 5.74) is 2.54. The third-order valence-electron chi connectivity index (χ3n) is 2.41. The highest BCUT2D eigenvalue weighted by Crippen LogP contribution is 2.19. The van der Waals surface area contributed by atoms with Crippen LogP contribution in [-0.2, 0) is 13.1 Å². The Morgan fingerprint density at radius 3 is 2.94 bits per heavy atom. The predicted octanol–water partition coefficient (Wildman–Crippen LogP) is 2.41. The Labute approximate surface area is 104 Å². The summed E-state index contributed by atoms with van der Waals surface area (Å²) in [7, 11) is 1.95. The van der Waals surface area contributed by atoms with Gasteiger partial charge in [0.2, 0.25) is 0 Å². The molecule has 1 aromatic carbocycles. The van der Waals surface area contributed by atoms with E-state index < -0.39 is 0 Å². The molecular weight excluding hydrogens is 266 g/mol. The monoisotopic (exact) mass is 279 g/mol. The van der Waals surface area contributed by atoms with E-state index in [4.69, 9.17) is 0 Å². The molecule has 1 N–H and O–H groups in total. The van der Waals surface area contributed by atoms with Crippen LogP contribution in [0.2, 0.25) is 0 Å². The molecule has 0 saturated heterocycles. The van der Waals surface area contributed by atoms with Crippen LogP contribution in [0.4, 0.5) is 0 Å². The van der Waals surface area contributed by atoms with Gasteiger partial charge in [-0.25, -0.2) is 4.98 Å². The van der Waals surface area contributed by atoms with Crippen molar-refractivity contribution in [2.75, 3.05) is 7.05 Å². The van der Waals surface area contributed by atoms with Gasteiger partial charge in [0.15, 0.2) is 0 Å². The number of halogens is 1. The van der Waals surface area contributed by atoms with Crippen molar-refractivity contribution >= 4 is 15.9 Å². The van der Waals surface area contributed by atoms with Crippen molar-refractivity contribution in [1.29, 1.82) is 0 Å². The average molecular weight is 280 g/mol. The lowest BCUT2D eigenvalue weighted by atomic mass is 10.1. The van der Waals surface area contributed by atoms with E-state index in [1.807, 2.05) is 19.6 Å². The molecule has 0 radical (unpaired) electrons. The van der Waals surface area contributed by atoms with Gasteiger partial charge in [0, 0.05) is 30.0 Å². The molecule has 16 heavy (non-hydrogen) atoms. The fraction of sp³-hybridized carbons (Fsp3) is 0.250. The molecule has 0 fully saturated rings. The maximum absolute atomic E-state index is 4.03. The van der Waals surface area contributed by atoms with Crippen molar-refractivity contribution in [2.24, 2.45) is 0 Å². The SMILES string of the molecule is CNCc1ccc(Cn2ccnc2)c(Br)c1. The van der Waals surface area contributed by atoms with Crippen LogP contribution in [0.5, 0.6) is 0 Å². The van der Waals surface area contributed by atoms with Gasteiger partial charge in [0.05, 0.1) is 6.33 Å². The topological polar surface area (TPSA) is 29.9 Å². The number of hydrogen-bond donors (Lipinski definition) is 1. The molecule has 0 unspecified atom stereocenters. The van der Waals surface area contributed by atoms with E-state index >= 15 is 0 Å². The minimum absolute atomic E-state index is 0.848. The lowest BCUT2D eigenvalue weighted by Gasteiger charge is -2.08. The normalized spacial score (nSPS) is 10.6. The fourth-order valence-electron chi connectivity index (χ4n) is 1.61. The van der Waals surface area contributed by atoms with Crippen molar-refractivity contribution in [2.45, 2.75) is 13.1 Å². The summed E-state index contributed by atoms with van der Waals surface area (Å²) < 4.78 is 3.20. The molecule has 1 aromatic heterocycles. The Morgan fingerprint density at radius 2 is 2.31 bits per heavy atom. The van der Waals surface area contributed by atoms with Gasteiger partial charge in [-0.3, -0.25) is 0 Å². The standard InChI is InChI=1S/C12H14BrN3/c1-14-7-10-2-3-11(12(13)6-10)8-16-5-4-15-9-16/h2-6,9,14H,7-8H2,1H3. The minimum Gasteiger partial charge on any atom is -0.333 e. The fourth-order valence-corrected chi connectivity index (χ4v) is 2.16. The maximum Gasteiger partial charge on any atom is 0.0949 e. The first-order chi connectivity index (χ1) is 7.79. The third-order valence-corrected chi connectivity index (χ3v) is 3.15. The highest BCUT2D eigenvalue weighted by molar-refractivity contribution is 9.10. The molecule has 0 aliphatic heterocycles. The number of aromatic nitrogens is 2. The molecule has 1 heterocycles. The quantitative estimate of drug-likeness (QED) is 0.932. The highest BCUT2D eigenvalue weighted by atomic mass is 79.9. The van der Waals surface area contributed by atoms with Crippen LogP contribution < -0.4 is 5.32 Å². The molecule has 0 atom stereocenters. The molecule has 2 rings (SSSR count). The van der Waals surface area contributed by atoms with E-state index in [1.54, 1.807) is 6.20 Å². The zero-order chi connectivity index (χ0) is 11.4. The largest absolute Gasteiger partial charge is 0.333 e. The number of nitrogens with one attached hydrogen (secondary N) is 1. The van der Waals surface area contributed by atoms with Crippen LogP contribution in [0.15, 0.2) is 41.4 Å². The van der Waals surface area contributed by atoms with Gasteiger partial charge in [-0.05, 0) is 24.2 Å². The van der Waals surface area contributed by atoms with Crippen molar-refractivity contribution in [3.8, 4) is 0 Å². The third kappa shape index (κ3) is 2.71. The van der Waals surface area contributed by atoms with Gasteiger partial charge in [0.1, 0.15) is 0 Å². The molecule has 84 valence electrons. The Bertz CT molecular complexity index is 451. The molecule has 0 aliphatic rings. The van der Waals surface area contributed by atoms with Crippen LogP contribution in [-0.4, -0.2) is 16.6 Å². The van der Waals surface area contributed by atoms with E-state index in [9.17, 15) is 0 Å². The first-order valence-corrected chi connectivity index (χ1v) is 5.96. The van der Waals surface area contributed by atoms with Crippen molar-refractivity contribution < 1.29 is 0 Å². The van der Waals surface area contributed by atoms with Gasteiger partial charge in [-0.15, -0.1) is 0 Å². The molecule has 0 bridgehead atoms. The molecule has 3 nitrogen and oxygen atoms in total. The lowest BCUT2D eigenvalue weighted by molar-refractivity contribution is 0.787. The molecule has 2 aromatic rings. The summed E-state index contributed by atoms with van der Waals surface area (Å²) >= 11 is 3.60. The van der Waals surface area contributed by atoms with Crippen molar-refractivity contribution in [1.82, 2.24) is 14.9 Å². The summed E-state index contributed by atoms with van der Waals surface area (Å²) in [5, 5.41) is 3.14. The maximum atomic E-state index is 4.03. The number of rotatable bonds is 4. The Hall–Kier alpha value is -1.13. The number of imidazole rings is 1. The van der Waals surface area contributed by atoms with Gasteiger partial charge >= 0.3 is 0 Å². The van der Waals surface area contributed by atoms with Crippen LogP contribution in [0, 0.1) is 0 Å². The Kier molecular flexibility index (Phi) is 3.74. The van der Waals surface area contributed by atoms with Crippen molar-refractivity contribution in [3.63, 3.8) is 0 Å². The first-order valence-electron chi connectivity index (χ1n) is 5.17. The second kappa shape index (κ2) is 5.27. The van der Waals surface area contributed by atoms with Gasteiger partial charge in [0.25, 0.3) is 0 Å². The van der Waals surface area contributed by atoms with Crippen LogP contribution in [0.1, 0.15) is 11.1 Å². The van der Waals surface area contributed by atoms with Crippen molar-refractivity contribution in [3.05, 3.63) is 52.5 Å². The van der Waals surface area contributed by atoms with E-state index in [2.05, 4.69) is 49.0 Å². The zero-order valence-electron chi connectivity index (χ0n) is 9.15. The molecule has 0 spiro atoms. The summed E-state index contributed by atoms with van der Waals surface area (Å²) in [4.78, 5) is 4.03. The molecule has 0 amide bonds. The van der Waals surface area contributed by atoms with Gasteiger partial charge in [-0.2, -0.15) is 0 Å². The summed E-state index contributed by atoms with van der Waals surface area (Å²) in [6.07, 6.45) is 5.59. The molecular formula is C12H14BrN3. The van der Waals surface area contributed by atoms with E-state index in [1.165, 1.54) is 11.1 Å². The highest BCUT2D eigenvalue weighted by Gasteiger charge is 2.02. The first kappa shape index (κ1) is 11.4. The van der Waals surface area contributed by atoms with E-state index in [0.717, 1.165) is 17.6 Å². The lowest BCUT2D eigenvalue weighted by Crippen LogP contribution is -2.05. The van der Waals surface area contributed by atoms with Crippen LogP contribution >= 0.6 is 15.9 Å². The smallest absolute Gasteiger partial charge is 0.0949 e. The van der Waals surface area contributed by atoms with E-state index in [0.29, 0.717) is 0 Å². The summed E-state index contributed by atoms with van der Waals surface area (Å²) in [5.74, 6) is 0. The molecule has 0 aliphatic carbocycles. The minimum atomic E-state index is 0.848. The zero-order valence-corrected chi connectivity index (χ0v) is 10.7. The predicted molar refractivity (Wildman–Crippen MR) is 68.2 cm³/mol. The Balaban J connectivity index is 2.16. The van der Waals surface area contributed by atoms with Gasteiger partial charge < -0.3 is 9.88 Å². The number of nitrogens with zero attached hydrogens (tertiary/aromatic N) is 2. The number of hydrogen-bond acceptors (Lipinski definition) is 2. The van der Waals surface area contributed by atoms with E-state index in [-0.39, 0.29) is 0 Å². The molecule has 0 saturated carbocycles. The second-order valence-corrected chi connectivity index (χ2v) is 4.55. The molecule has 4 heteroatoms. The van der Waals surface area contributed by atoms with Gasteiger partial charge in [-0.1, -0.05) is 28.1 Å². The number of benzene rings is 1. The summed E-state index contributed by atoms with van der Waals surface area (Å²) in [6.45, 7) is 1.74. The summed E-state index contributed by atoms with van der Waals surface area (Å²) in [6, 6.07) is 6.45.